The number of halogens is 3. The number of piperazine rings is 1. The number of hydrogen-bond donors (Lipinski definition) is 0. The molecule has 11 nitrogen and oxygen atoms in total. The molecule has 1 aromatic heterocycles. The van der Waals surface area contributed by atoms with Crippen LogP contribution in [-0.4, -0.2) is 92.7 Å². The lowest BCUT2D eigenvalue weighted by Gasteiger charge is -2.48. The first-order chi connectivity index (χ1) is 23.2. The summed E-state index contributed by atoms with van der Waals surface area (Å²) in [4.78, 5) is 6.09. The SMILES string of the molecule is Cc1cnc(OCCO[Si](C)(C)C(C)(C)C)c(S(=O)(=O)N2C[C@@H]3CN(S(C)(=O)=O)CCN3c3ccc(-c4cc(F)cc(OC(F)F)c4)cc32)c1. The van der Waals surface area contributed by atoms with Crippen molar-refractivity contribution in [3.05, 3.63) is 60.0 Å². The minimum Gasteiger partial charge on any atom is -0.474 e. The van der Waals surface area contributed by atoms with Gasteiger partial charge in [0.25, 0.3) is 10.0 Å². The monoisotopic (exact) mass is 756 g/mol. The van der Waals surface area contributed by atoms with Crippen LogP contribution in [0.3, 0.4) is 0 Å². The van der Waals surface area contributed by atoms with E-state index in [2.05, 4.69) is 43.6 Å². The molecule has 2 aliphatic heterocycles. The maximum absolute atomic E-state index is 14.7. The molecule has 0 spiro atoms. The zero-order valence-corrected chi connectivity index (χ0v) is 31.7. The van der Waals surface area contributed by atoms with E-state index in [9.17, 15) is 30.0 Å². The summed E-state index contributed by atoms with van der Waals surface area (Å²) in [7, 11) is -10.1. The number of aryl methyl sites for hydroxylation is 1. The number of anilines is 2. The van der Waals surface area contributed by atoms with Gasteiger partial charge in [0.05, 0.1) is 36.8 Å². The van der Waals surface area contributed by atoms with Crippen molar-refractivity contribution in [3.8, 4) is 22.8 Å². The van der Waals surface area contributed by atoms with Crippen molar-refractivity contribution in [2.75, 3.05) is 54.9 Å². The Kier molecular flexibility index (Phi) is 10.6. The summed E-state index contributed by atoms with van der Waals surface area (Å²) < 4.78 is 114. The lowest BCUT2D eigenvalue weighted by Crippen LogP contribution is -2.61. The van der Waals surface area contributed by atoms with Crippen LogP contribution in [0, 0.1) is 12.7 Å². The minimum atomic E-state index is -4.43. The number of pyridine rings is 1. The molecule has 1 atom stereocenters. The maximum atomic E-state index is 14.7. The third kappa shape index (κ3) is 8.06. The molecule has 0 radical (unpaired) electrons. The Labute approximate surface area is 293 Å². The highest BCUT2D eigenvalue weighted by atomic mass is 32.2. The van der Waals surface area contributed by atoms with Crippen molar-refractivity contribution in [1.29, 1.82) is 0 Å². The first-order valence-electron chi connectivity index (χ1n) is 16.0. The Morgan fingerprint density at radius 2 is 1.68 bits per heavy atom. The van der Waals surface area contributed by atoms with E-state index >= 15 is 0 Å². The topological polar surface area (TPSA) is 119 Å². The Morgan fingerprint density at radius 1 is 0.960 bits per heavy atom. The molecule has 274 valence electrons. The normalized spacial score (nSPS) is 17.5. The number of hydrogen-bond acceptors (Lipinski definition) is 9. The molecule has 1 fully saturated rings. The van der Waals surface area contributed by atoms with E-state index in [1.165, 1.54) is 26.9 Å². The molecule has 0 saturated carbocycles. The van der Waals surface area contributed by atoms with Crippen LogP contribution in [0.4, 0.5) is 24.5 Å². The number of sulfonamides is 2. The standard InChI is InChI=1S/C33H43F3N4O7S2Si/c1-22-14-30(31(37-19-22)45-12-13-46-50(6,7)33(2,3)4)49(43,44)40-21-26-20-38(48(5,41)42)10-11-39(26)28-9-8-23(17-29(28)40)24-15-25(34)18-27(16-24)47-32(35)36/h8-9,14-19,26,32H,10-13,20-21H2,1-7H3/t26-/m0/s1. The smallest absolute Gasteiger partial charge is 0.387 e. The second-order valence-electron chi connectivity index (χ2n) is 14.0. The largest absolute Gasteiger partial charge is 0.474 e. The Balaban J connectivity index is 1.56. The summed E-state index contributed by atoms with van der Waals surface area (Å²) in [6.45, 7) is 9.75. The molecule has 0 unspecified atom stereocenters. The molecule has 50 heavy (non-hydrogen) atoms. The van der Waals surface area contributed by atoms with Crippen LogP contribution in [0.25, 0.3) is 11.1 Å². The fraction of sp³-hybridized carbons (Fsp3) is 0.485. The van der Waals surface area contributed by atoms with Crippen molar-refractivity contribution in [1.82, 2.24) is 9.29 Å². The second kappa shape index (κ2) is 14.0. The zero-order chi connectivity index (χ0) is 36.8. The average Bonchev–Trinajstić information content (AvgIpc) is 3.01. The highest BCUT2D eigenvalue weighted by Gasteiger charge is 2.43. The number of aromatic nitrogens is 1. The molecular weight excluding hydrogens is 714 g/mol. The molecule has 1 saturated heterocycles. The molecule has 0 bridgehead atoms. The lowest BCUT2D eigenvalue weighted by atomic mass is 10.0. The van der Waals surface area contributed by atoms with Gasteiger partial charge in [-0.1, -0.05) is 26.8 Å². The fourth-order valence-corrected chi connectivity index (χ4v) is 9.32. The van der Waals surface area contributed by atoms with E-state index in [1.807, 2.05) is 4.90 Å². The average molecular weight is 757 g/mol. The van der Waals surface area contributed by atoms with Crippen molar-refractivity contribution in [3.63, 3.8) is 0 Å². The fourth-order valence-electron chi connectivity index (χ4n) is 5.76. The van der Waals surface area contributed by atoms with E-state index in [0.717, 1.165) is 18.4 Å². The molecule has 2 aromatic carbocycles. The minimum absolute atomic E-state index is 0.0349. The van der Waals surface area contributed by atoms with Crippen molar-refractivity contribution in [2.45, 2.75) is 63.4 Å². The Hall–Kier alpha value is -3.38. The van der Waals surface area contributed by atoms with Gasteiger partial charge in [-0.3, -0.25) is 4.31 Å². The van der Waals surface area contributed by atoms with Crippen molar-refractivity contribution in [2.24, 2.45) is 0 Å². The van der Waals surface area contributed by atoms with Gasteiger partial charge < -0.3 is 18.8 Å². The molecule has 0 aliphatic carbocycles. The molecule has 3 heterocycles. The van der Waals surface area contributed by atoms with Gasteiger partial charge in [-0.15, -0.1) is 0 Å². The van der Waals surface area contributed by atoms with E-state index in [4.69, 9.17) is 9.16 Å². The van der Waals surface area contributed by atoms with Gasteiger partial charge in [-0.2, -0.15) is 13.1 Å². The molecule has 0 amide bonds. The molecule has 5 rings (SSSR count). The summed E-state index contributed by atoms with van der Waals surface area (Å²) >= 11 is 0. The molecule has 0 N–H and O–H groups in total. The molecular formula is C33H43F3N4O7S2Si. The van der Waals surface area contributed by atoms with Crippen LogP contribution in [0.15, 0.2) is 53.6 Å². The second-order valence-corrected chi connectivity index (χ2v) is 22.7. The molecule has 2 aliphatic rings. The zero-order valence-electron chi connectivity index (χ0n) is 29.1. The van der Waals surface area contributed by atoms with Crippen LogP contribution >= 0.6 is 0 Å². The van der Waals surface area contributed by atoms with Crippen LogP contribution in [0.1, 0.15) is 26.3 Å². The number of fused-ring (bicyclic) bond motifs is 3. The Morgan fingerprint density at radius 3 is 2.34 bits per heavy atom. The predicted molar refractivity (Wildman–Crippen MR) is 188 cm³/mol. The van der Waals surface area contributed by atoms with E-state index in [-0.39, 0.29) is 65.7 Å². The number of alkyl halides is 2. The lowest BCUT2D eigenvalue weighted by molar-refractivity contribution is -0.0499. The molecule has 17 heteroatoms. The van der Waals surface area contributed by atoms with Gasteiger partial charge in [-0.25, -0.2) is 26.2 Å². The summed E-state index contributed by atoms with van der Waals surface area (Å²) in [5, 5.41) is -0.0349. The summed E-state index contributed by atoms with van der Waals surface area (Å²) in [6, 6.07) is 8.97. The van der Waals surface area contributed by atoms with Crippen LogP contribution < -0.4 is 18.7 Å². The highest BCUT2D eigenvalue weighted by molar-refractivity contribution is 7.93. The third-order valence-electron chi connectivity index (χ3n) is 9.39. The van der Waals surface area contributed by atoms with Gasteiger partial charge in [0.15, 0.2) is 8.32 Å². The van der Waals surface area contributed by atoms with E-state index < -0.39 is 46.8 Å². The van der Waals surface area contributed by atoms with E-state index in [0.29, 0.717) is 23.4 Å². The first kappa shape index (κ1) is 37.9. The van der Waals surface area contributed by atoms with Gasteiger partial charge in [-0.05, 0) is 72.1 Å². The van der Waals surface area contributed by atoms with Crippen molar-refractivity contribution < 1.29 is 43.9 Å². The number of benzene rings is 2. The highest BCUT2D eigenvalue weighted by Crippen LogP contribution is 2.44. The number of nitrogens with zero attached hydrogens (tertiary/aromatic N) is 4. The van der Waals surface area contributed by atoms with Gasteiger partial charge >= 0.3 is 6.61 Å². The first-order valence-corrected chi connectivity index (χ1v) is 22.2. The summed E-state index contributed by atoms with van der Waals surface area (Å²) in [5.41, 5.74) is 1.84. The number of ether oxygens (including phenoxy) is 2. The maximum Gasteiger partial charge on any atom is 0.387 e. The van der Waals surface area contributed by atoms with Gasteiger partial charge in [0.1, 0.15) is 23.1 Å². The van der Waals surface area contributed by atoms with Gasteiger partial charge in [0, 0.05) is 31.9 Å². The van der Waals surface area contributed by atoms with Crippen molar-refractivity contribution >= 4 is 39.7 Å². The third-order valence-corrected chi connectivity index (χ3v) is 17.0. The number of rotatable bonds is 11. The van der Waals surface area contributed by atoms with Crippen LogP contribution in [0.2, 0.25) is 18.1 Å². The van der Waals surface area contributed by atoms with Gasteiger partial charge in [0.2, 0.25) is 15.9 Å². The molecule has 3 aromatic rings. The quantitative estimate of drug-likeness (QED) is 0.175. The van der Waals surface area contributed by atoms with Crippen LogP contribution in [0.5, 0.6) is 11.6 Å². The summed E-state index contributed by atoms with van der Waals surface area (Å²) in [5.74, 6) is -1.32. The summed E-state index contributed by atoms with van der Waals surface area (Å²) in [6.07, 6.45) is 2.61. The Bertz CT molecular complexity index is 1960. The van der Waals surface area contributed by atoms with E-state index in [1.54, 1.807) is 25.1 Å². The van der Waals surface area contributed by atoms with Crippen LogP contribution in [-0.2, 0) is 24.5 Å². The predicted octanol–water partition coefficient (Wildman–Crippen LogP) is 5.86.